The molecule has 0 spiro atoms. The maximum Gasteiger partial charge on any atom is 0.257 e. The van der Waals surface area contributed by atoms with Crippen molar-refractivity contribution in [3.63, 3.8) is 0 Å². The van der Waals surface area contributed by atoms with Gasteiger partial charge in [-0.25, -0.2) is 9.50 Å². The highest BCUT2D eigenvalue weighted by molar-refractivity contribution is 6.00. The molecule has 6 heteroatoms. The van der Waals surface area contributed by atoms with Crippen molar-refractivity contribution in [1.29, 1.82) is 0 Å². The molecule has 2 aromatic rings. The van der Waals surface area contributed by atoms with Crippen LogP contribution >= 0.6 is 0 Å². The number of rotatable bonds is 4. The fourth-order valence-corrected chi connectivity index (χ4v) is 3.81. The predicted molar refractivity (Wildman–Crippen MR) is 98.1 cm³/mol. The Kier molecular flexibility index (Phi) is 3.93. The van der Waals surface area contributed by atoms with E-state index in [0.29, 0.717) is 17.1 Å². The lowest BCUT2D eigenvalue weighted by Crippen LogP contribution is -2.45. The van der Waals surface area contributed by atoms with Gasteiger partial charge in [0.05, 0.1) is 6.20 Å². The Labute approximate surface area is 148 Å². The number of hydrogen-bond acceptors (Lipinski definition) is 4. The molecule has 0 bridgehead atoms. The first kappa shape index (κ1) is 16.4. The largest absolute Gasteiger partial charge is 0.356 e. The highest BCUT2D eigenvalue weighted by Gasteiger charge is 2.39. The predicted octanol–water partition coefficient (Wildman–Crippen LogP) is 2.95. The normalized spacial score (nSPS) is 18.6. The number of carbonyl (C=O) groups excluding carboxylic acids is 1. The molecule has 4 rings (SSSR count). The van der Waals surface area contributed by atoms with Crippen LogP contribution in [0.2, 0.25) is 0 Å². The van der Waals surface area contributed by atoms with E-state index in [1.807, 2.05) is 6.92 Å². The molecule has 2 aliphatic rings. The number of aryl methyl sites for hydroxylation is 1. The van der Waals surface area contributed by atoms with Crippen LogP contribution in [0.4, 0.5) is 5.82 Å². The molecule has 2 fully saturated rings. The van der Waals surface area contributed by atoms with E-state index in [4.69, 9.17) is 4.98 Å². The Morgan fingerprint density at radius 1 is 1.24 bits per heavy atom. The molecule has 0 aromatic carbocycles. The van der Waals surface area contributed by atoms with Crippen LogP contribution in [0.1, 0.15) is 62.0 Å². The first-order valence-electron chi connectivity index (χ1n) is 9.38. The topological polar surface area (TPSA) is 62.5 Å². The lowest BCUT2D eigenvalue weighted by molar-refractivity contribution is 0.0905. The second kappa shape index (κ2) is 6.00. The van der Waals surface area contributed by atoms with Crippen molar-refractivity contribution in [2.24, 2.45) is 5.92 Å². The molecular formula is C19H27N5O. The van der Waals surface area contributed by atoms with Gasteiger partial charge in [-0.2, -0.15) is 5.10 Å². The summed E-state index contributed by atoms with van der Waals surface area (Å²) in [6.07, 6.45) is 7.72. The molecule has 1 aliphatic carbocycles. The average Bonchev–Trinajstić information content (AvgIpc) is 3.36. The first-order chi connectivity index (χ1) is 12.0. The van der Waals surface area contributed by atoms with E-state index in [1.165, 1.54) is 32.1 Å². The standard InChI is InChI=1S/C19H27N5O/c1-13-11-16(23-9-5-4-6-10-23)21-17-15(12-20-24(13)17)18(25)22-19(2,3)14-7-8-14/h11-12,14H,4-10H2,1-3H3,(H,22,25). The Hall–Kier alpha value is -2.11. The second-order valence-electron chi connectivity index (χ2n) is 8.05. The Morgan fingerprint density at radius 3 is 2.64 bits per heavy atom. The zero-order valence-electron chi connectivity index (χ0n) is 15.4. The fraction of sp³-hybridized carbons (Fsp3) is 0.632. The number of hydrogen-bond donors (Lipinski definition) is 1. The summed E-state index contributed by atoms with van der Waals surface area (Å²) in [6, 6.07) is 2.07. The minimum atomic E-state index is -0.176. The van der Waals surface area contributed by atoms with Gasteiger partial charge in [-0.15, -0.1) is 0 Å². The first-order valence-corrected chi connectivity index (χ1v) is 9.38. The van der Waals surface area contributed by atoms with Gasteiger partial charge in [0.15, 0.2) is 5.65 Å². The quantitative estimate of drug-likeness (QED) is 0.929. The van der Waals surface area contributed by atoms with Gasteiger partial charge in [-0.05, 0) is 58.8 Å². The van der Waals surface area contributed by atoms with Crippen molar-refractivity contribution < 1.29 is 4.79 Å². The van der Waals surface area contributed by atoms with Gasteiger partial charge in [0.25, 0.3) is 5.91 Å². The third kappa shape index (κ3) is 3.10. The Morgan fingerprint density at radius 2 is 1.96 bits per heavy atom. The van der Waals surface area contributed by atoms with E-state index >= 15 is 0 Å². The SMILES string of the molecule is Cc1cc(N2CCCCC2)nc2c(C(=O)NC(C)(C)C3CC3)cnn12. The van der Waals surface area contributed by atoms with Crippen LogP contribution in [0.25, 0.3) is 5.65 Å². The van der Waals surface area contributed by atoms with Gasteiger partial charge in [-0.3, -0.25) is 4.79 Å². The van der Waals surface area contributed by atoms with Crippen LogP contribution in [-0.2, 0) is 0 Å². The van der Waals surface area contributed by atoms with Crippen molar-refractivity contribution in [2.45, 2.75) is 58.4 Å². The molecule has 6 nitrogen and oxygen atoms in total. The van der Waals surface area contributed by atoms with E-state index in [2.05, 4.69) is 35.2 Å². The lowest BCUT2D eigenvalue weighted by atomic mass is 9.98. The molecule has 1 saturated heterocycles. The summed E-state index contributed by atoms with van der Waals surface area (Å²) in [4.78, 5) is 20.0. The van der Waals surface area contributed by atoms with Crippen molar-refractivity contribution in [3.8, 4) is 0 Å². The van der Waals surface area contributed by atoms with E-state index in [0.717, 1.165) is 24.6 Å². The van der Waals surface area contributed by atoms with Gasteiger partial charge in [-0.1, -0.05) is 0 Å². The highest BCUT2D eigenvalue weighted by Crippen LogP contribution is 2.39. The van der Waals surface area contributed by atoms with Crippen LogP contribution < -0.4 is 10.2 Å². The summed E-state index contributed by atoms with van der Waals surface area (Å²) in [5, 5.41) is 7.58. The lowest BCUT2D eigenvalue weighted by Gasteiger charge is -2.28. The fourth-order valence-electron chi connectivity index (χ4n) is 3.81. The summed E-state index contributed by atoms with van der Waals surface area (Å²) in [7, 11) is 0. The number of anilines is 1. The van der Waals surface area contributed by atoms with Crippen molar-refractivity contribution in [1.82, 2.24) is 19.9 Å². The summed E-state index contributed by atoms with van der Waals surface area (Å²) < 4.78 is 1.77. The molecule has 0 radical (unpaired) electrons. The summed E-state index contributed by atoms with van der Waals surface area (Å²) in [5.41, 5.74) is 2.05. The number of amides is 1. The van der Waals surface area contributed by atoms with Crippen molar-refractivity contribution in [3.05, 3.63) is 23.5 Å². The molecule has 1 aliphatic heterocycles. The summed E-state index contributed by atoms with van der Waals surface area (Å²) in [5.74, 6) is 1.46. The average molecular weight is 341 g/mol. The van der Waals surface area contributed by atoms with Gasteiger partial charge in [0.1, 0.15) is 11.4 Å². The number of aromatic nitrogens is 3. The smallest absolute Gasteiger partial charge is 0.257 e. The third-order valence-corrected chi connectivity index (χ3v) is 5.59. The Bertz CT molecular complexity index is 799. The number of fused-ring (bicyclic) bond motifs is 1. The third-order valence-electron chi connectivity index (χ3n) is 5.59. The van der Waals surface area contributed by atoms with Crippen LogP contribution in [0.3, 0.4) is 0 Å². The van der Waals surface area contributed by atoms with E-state index in [-0.39, 0.29) is 11.4 Å². The minimum absolute atomic E-state index is 0.0744. The van der Waals surface area contributed by atoms with Crippen LogP contribution in [0.15, 0.2) is 12.3 Å². The highest BCUT2D eigenvalue weighted by atomic mass is 16.1. The molecular weight excluding hydrogens is 314 g/mol. The number of nitrogens with one attached hydrogen (secondary N) is 1. The van der Waals surface area contributed by atoms with Gasteiger partial charge in [0.2, 0.25) is 0 Å². The summed E-state index contributed by atoms with van der Waals surface area (Å²) >= 11 is 0. The van der Waals surface area contributed by atoms with E-state index in [9.17, 15) is 4.79 Å². The van der Waals surface area contributed by atoms with Crippen molar-refractivity contribution in [2.75, 3.05) is 18.0 Å². The monoisotopic (exact) mass is 341 g/mol. The van der Waals surface area contributed by atoms with E-state index < -0.39 is 0 Å². The number of piperidine rings is 1. The van der Waals surface area contributed by atoms with Gasteiger partial charge < -0.3 is 10.2 Å². The molecule has 0 atom stereocenters. The van der Waals surface area contributed by atoms with Crippen molar-refractivity contribution >= 4 is 17.4 Å². The molecule has 1 N–H and O–H groups in total. The zero-order valence-corrected chi connectivity index (χ0v) is 15.4. The summed E-state index contributed by atoms with van der Waals surface area (Å²) in [6.45, 7) is 8.29. The van der Waals surface area contributed by atoms with Gasteiger partial charge in [0, 0.05) is 30.4 Å². The zero-order chi connectivity index (χ0) is 17.6. The molecule has 1 amide bonds. The Balaban J connectivity index is 1.67. The van der Waals surface area contributed by atoms with E-state index in [1.54, 1.807) is 10.7 Å². The molecule has 25 heavy (non-hydrogen) atoms. The number of carbonyl (C=O) groups is 1. The molecule has 0 unspecified atom stereocenters. The minimum Gasteiger partial charge on any atom is -0.356 e. The maximum absolute atomic E-state index is 12.8. The number of nitrogens with zero attached hydrogens (tertiary/aromatic N) is 4. The maximum atomic E-state index is 12.8. The molecule has 134 valence electrons. The van der Waals surface area contributed by atoms with Crippen LogP contribution in [0.5, 0.6) is 0 Å². The van der Waals surface area contributed by atoms with Gasteiger partial charge >= 0.3 is 0 Å². The van der Waals surface area contributed by atoms with Crippen LogP contribution in [-0.4, -0.2) is 39.1 Å². The molecule has 3 heterocycles. The molecule has 2 aromatic heterocycles. The van der Waals surface area contributed by atoms with Crippen LogP contribution in [0, 0.1) is 12.8 Å². The molecule has 1 saturated carbocycles. The second-order valence-corrected chi connectivity index (χ2v) is 8.05.